The van der Waals surface area contributed by atoms with Crippen molar-refractivity contribution in [2.75, 3.05) is 6.54 Å². The number of unbranched alkanes of at least 4 members (excludes halogenated alkanes) is 8. The van der Waals surface area contributed by atoms with E-state index in [0.717, 1.165) is 12.7 Å². The van der Waals surface area contributed by atoms with Gasteiger partial charge in [-0.05, 0) is 53.5 Å². The summed E-state index contributed by atoms with van der Waals surface area (Å²) in [6.45, 7) is 10.4. The molecule has 2 nitrogen and oxygen atoms in total. The molecule has 0 aliphatic carbocycles. The molecule has 2 heteroatoms. The van der Waals surface area contributed by atoms with Crippen molar-refractivity contribution in [1.82, 2.24) is 4.90 Å². The third-order valence-corrected chi connectivity index (χ3v) is 3.97. The molecule has 1 N–H and O–H groups in total. The van der Waals surface area contributed by atoms with E-state index in [1.807, 2.05) is 6.08 Å². The maximum absolute atomic E-state index is 8.51. The van der Waals surface area contributed by atoms with Gasteiger partial charge in [-0.3, -0.25) is 4.90 Å². The monoisotopic (exact) mass is 283 g/mol. The fourth-order valence-corrected chi connectivity index (χ4v) is 2.80. The molecule has 0 radical (unpaired) electrons. The van der Waals surface area contributed by atoms with Crippen molar-refractivity contribution in [3.05, 3.63) is 12.3 Å². The van der Waals surface area contributed by atoms with Crippen molar-refractivity contribution in [3.63, 3.8) is 0 Å². The van der Waals surface area contributed by atoms with Crippen LogP contribution in [0.15, 0.2) is 12.3 Å². The minimum atomic E-state index is 0.669. The second kappa shape index (κ2) is 13.5. The summed E-state index contributed by atoms with van der Waals surface area (Å²) >= 11 is 0. The van der Waals surface area contributed by atoms with Crippen LogP contribution in [0.5, 0.6) is 0 Å². The van der Waals surface area contributed by atoms with Crippen molar-refractivity contribution in [1.29, 1.82) is 0 Å². The molecule has 0 aliphatic heterocycles. The first kappa shape index (κ1) is 19.5. The first-order chi connectivity index (χ1) is 9.59. The van der Waals surface area contributed by atoms with Crippen LogP contribution in [0.1, 0.15) is 85.5 Å². The standard InChI is InChI=1S/C18H37NO/c1-17(2)19(18(3)4)15-13-11-9-7-5-6-8-10-12-14-16-20/h14,16-18,20H,5-13,15H2,1-4H3. The van der Waals surface area contributed by atoms with Crippen molar-refractivity contribution in [2.45, 2.75) is 97.6 Å². The molecule has 0 aromatic rings. The predicted octanol–water partition coefficient (Wildman–Crippen LogP) is 5.69. The lowest BCUT2D eigenvalue weighted by Gasteiger charge is -2.30. The minimum Gasteiger partial charge on any atom is -0.516 e. The summed E-state index contributed by atoms with van der Waals surface area (Å²) in [5, 5.41) is 8.51. The SMILES string of the molecule is CC(C)N(CCCCCCCCCCC=CO)C(C)C. The van der Waals surface area contributed by atoms with Gasteiger partial charge in [-0.25, -0.2) is 0 Å². The fourth-order valence-electron chi connectivity index (χ4n) is 2.80. The van der Waals surface area contributed by atoms with Crippen LogP contribution in [0.3, 0.4) is 0 Å². The Morgan fingerprint density at radius 3 is 1.65 bits per heavy atom. The Balaban J connectivity index is 3.31. The Bertz CT molecular complexity index is 215. The number of aliphatic hydroxyl groups is 1. The molecule has 0 spiro atoms. The van der Waals surface area contributed by atoms with Crippen molar-refractivity contribution < 1.29 is 5.11 Å². The second-order valence-electron chi connectivity index (χ2n) is 6.43. The van der Waals surface area contributed by atoms with Crippen molar-refractivity contribution in [2.24, 2.45) is 0 Å². The predicted molar refractivity (Wildman–Crippen MR) is 90.3 cm³/mol. The van der Waals surface area contributed by atoms with Crippen LogP contribution >= 0.6 is 0 Å². The van der Waals surface area contributed by atoms with Gasteiger partial charge in [-0.15, -0.1) is 0 Å². The fraction of sp³-hybridized carbons (Fsp3) is 0.889. The Kier molecular flexibility index (Phi) is 13.1. The third kappa shape index (κ3) is 11.3. The molecule has 0 atom stereocenters. The largest absolute Gasteiger partial charge is 0.516 e. The Hall–Kier alpha value is -0.500. The smallest absolute Gasteiger partial charge is 0.0751 e. The number of allylic oxidation sites excluding steroid dienone is 1. The first-order valence-electron chi connectivity index (χ1n) is 8.64. The average molecular weight is 284 g/mol. The summed E-state index contributed by atoms with van der Waals surface area (Å²) in [6, 6.07) is 1.34. The third-order valence-electron chi connectivity index (χ3n) is 3.97. The highest BCUT2D eigenvalue weighted by Crippen LogP contribution is 2.12. The van der Waals surface area contributed by atoms with Crippen molar-refractivity contribution in [3.8, 4) is 0 Å². The van der Waals surface area contributed by atoms with E-state index >= 15 is 0 Å². The van der Waals surface area contributed by atoms with E-state index in [2.05, 4.69) is 32.6 Å². The van der Waals surface area contributed by atoms with Crippen LogP contribution in [0.2, 0.25) is 0 Å². The topological polar surface area (TPSA) is 23.5 Å². The molecule has 120 valence electrons. The Labute approximate surface area is 127 Å². The lowest BCUT2D eigenvalue weighted by molar-refractivity contribution is 0.171. The van der Waals surface area contributed by atoms with E-state index in [9.17, 15) is 0 Å². The van der Waals surface area contributed by atoms with E-state index in [0.29, 0.717) is 12.1 Å². The van der Waals surface area contributed by atoms with Crippen LogP contribution in [0, 0.1) is 0 Å². The second-order valence-corrected chi connectivity index (χ2v) is 6.43. The van der Waals surface area contributed by atoms with Gasteiger partial charge in [0.25, 0.3) is 0 Å². The summed E-state index contributed by atoms with van der Waals surface area (Å²) in [6.07, 6.45) is 14.8. The van der Waals surface area contributed by atoms with E-state index in [1.54, 1.807) is 0 Å². The van der Waals surface area contributed by atoms with Crippen LogP contribution in [-0.4, -0.2) is 28.6 Å². The Morgan fingerprint density at radius 1 is 0.750 bits per heavy atom. The number of rotatable bonds is 13. The lowest BCUT2D eigenvalue weighted by atomic mass is 10.1. The van der Waals surface area contributed by atoms with Gasteiger partial charge in [-0.1, -0.05) is 44.6 Å². The van der Waals surface area contributed by atoms with E-state index in [1.165, 1.54) is 57.9 Å². The lowest BCUT2D eigenvalue weighted by Crippen LogP contribution is -2.37. The highest BCUT2D eigenvalue weighted by molar-refractivity contribution is 4.70. The van der Waals surface area contributed by atoms with Gasteiger partial charge < -0.3 is 5.11 Å². The van der Waals surface area contributed by atoms with E-state index in [4.69, 9.17) is 5.11 Å². The Morgan fingerprint density at radius 2 is 1.20 bits per heavy atom. The molecule has 0 amide bonds. The van der Waals surface area contributed by atoms with E-state index in [-0.39, 0.29) is 0 Å². The van der Waals surface area contributed by atoms with Gasteiger partial charge in [0, 0.05) is 12.1 Å². The zero-order valence-electron chi connectivity index (χ0n) is 14.3. The van der Waals surface area contributed by atoms with E-state index < -0.39 is 0 Å². The maximum atomic E-state index is 8.51. The molecular weight excluding hydrogens is 246 g/mol. The number of hydrogen-bond acceptors (Lipinski definition) is 2. The molecule has 0 heterocycles. The minimum absolute atomic E-state index is 0.669. The molecule has 20 heavy (non-hydrogen) atoms. The first-order valence-corrected chi connectivity index (χ1v) is 8.64. The zero-order valence-corrected chi connectivity index (χ0v) is 14.3. The highest BCUT2D eigenvalue weighted by Gasteiger charge is 2.11. The van der Waals surface area contributed by atoms with Crippen LogP contribution < -0.4 is 0 Å². The van der Waals surface area contributed by atoms with Crippen LogP contribution in [0.25, 0.3) is 0 Å². The zero-order chi connectivity index (χ0) is 15.2. The molecule has 0 aromatic heterocycles. The summed E-state index contributed by atoms with van der Waals surface area (Å²) in [5.41, 5.74) is 0. The van der Waals surface area contributed by atoms with Crippen LogP contribution in [-0.2, 0) is 0 Å². The maximum Gasteiger partial charge on any atom is 0.0751 e. The van der Waals surface area contributed by atoms with Gasteiger partial charge in [-0.2, -0.15) is 0 Å². The molecule has 0 rings (SSSR count). The van der Waals surface area contributed by atoms with Crippen molar-refractivity contribution >= 4 is 0 Å². The van der Waals surface area contributed by atoms with Gasteiger partial charge in [0.05, 0.1) is 6.26 Å². The number of nitrogens with zero attached hydrogens (tertiary/aromatic N) is 1. The average Bonchev–Trinajstić information content (AvgIpc) is 2.39. The molecule has 0 aromatic carbocycles. The number of hydrogen-bond donors (Lipinski definition) is 1. The summed E-state index contributed by atoms with van der Waals surface area (Å²) in [7, 11) is 0. The quantitative estimate of drug-likeness (QED) is 0.347. The molecule has 0 bridgehead atoms. The molecular formula is C18H37NO. The molecule has 0 aliphatic rings. The van der Waals surface area contributed by atoms with Gasteiger partial charge >= 0.3 is 0 Å². The normalized spacial score (nSPS) is 12.3. The molecule has 0 saturated carbocycles. The molecule has 0 saturated heterocycles. The van der Waals surface area contributed by atoms with Gasteiger partial charge in [0.1, 0.15) is 0 Å². The summed E-state index contributed by atoms with van der Waals surface area (Å²) < 4.78 is 0. The molecule has 0 fully saturated rings. The van der Waals surface area contributed by atoms with Gasteiger partial charge in [0.15, 0.2) is 0 Å². The highest BCUT2D eigenvalue weighted by atomic mass is 16.2. The number of aliphatic hydroxyl groups excluding tert-OH is 1. The summed E-state index contributed by atoms with van der Waals surface area (Å²) in [4.78, 5) is 2.59. The van der Waals surface area contributed by atoms with Gasteiger partial charge in [0.2, 0.25) is 0 Å². The van der Waals surface area contributed by atoms with Crippen LogP contribution in [0.4, 0.5) is 0 Å². The summed E-state index contributed by atoms with van der Waals surface area (Å²) in [5.74, 6) is 0. The molecule has 0 unspecified atom stereocenters.